The highest BCUT2D eigenvalue weighted by molar-refractivity contribution is 5.18. The summed E-state index contributed by atoms with van der Waals surface area (Å²) < 4.78 is 0. The van der Waals surface area contributed by atoms with Crippen molar-refractivity contribution in [2.24, 2.45) is 0 Å². The topological polar surface area (TPSA) is 40.5 Å². The number of aliphatic hydroxyl groups excluding tert-OH is 2. The van der Waals surface area contributed by atoms with Crippen LogP contribution in [0.5, 0.6) is 0 Å². The molecule has 0 saturated carbocycles. The van der Waals surface area contributed by atoms with Crippen molar-refractivity contribution in [3.63, 3.8) is 0 Å². The first-order chi connectivity index (χ1) is 6.61. The summed E-state index contributed by atoms with van der Waals surface area (Å²) in [6.45, 7) is 5.39. The van der Waals surface area contributed by atoms with Crippen molar-refractivity contribution in [3.8, 4) is 0 Å². The minimum absolute atomic E-state index is 0.305. The standard InChI is InChI=1S/C12H16O2/c1-9(2)11(13)8-12(14)10-6-4-3-5-7-10/h3-7,11-14H,1,8H2,2H3. The summed E-state index contributed by atoms with van der Waals surface area (Å²) in [7, 11) is 0. The van der Waals surface area contributed by atoms with Crippen LogP contribution in [0.4, 0.5) is 0 Å². The van der Waals surface area contributed by atoms with E-state index in [1.54, 1.807) is 6.92 Å². The van der Waals surface area contributed by atoms with Gasteiger partial charge in [-0.05, 0) is 12.5 Å². The SMILES string of the molecule is C=C(C)C(O)CC(O)c1ccccc1. The average molecular weight is 192 g/mol. The van der Waals surface area contributed by atoms with E-state index in [-0.39, 0.29) is 0 Å². The molecule has 0 aliphatic carbocycles. The van der Waals surface area contributed by atoms with E-state index in [0.29, 0.717) is 12.0 Å². The van der Waals surface area contributed by atoms with E-state index >= 15 is 0 Å². The molecule has 1 aromatic carbocycles. The van der Waals surface area contributed by atoms with E-state index in [9.17, 15) is 10.2 Å². The van der Waals surface area contributed by atoms with Crippen LogP contribution in [0, 0.1) is 0 Å². The van der Waals surface area contributed by atoms with Gasteiger partial charge in [-0.2, -0.15) is 0 Å². The summed E-state index contributed by atoms with van der Waals surface area (Å²) in [5, 5.41) is 19.2. The molecule has 0 bridgehead atoms. The third-order valence-corrected chi connectivity index (χ3v) is 2.20. The van der Waals surface area contributed by atoms with Crippen LogP contribution in [0.15, 0.2) is 42.5 Å². The van der Waals surface area contributed by atoms with Crippen LogP contribution in [-0.2, 0) is 0 Å². The molecular formula is C12H16O2. The Balaban J connectivity index is 2.59. The van der Waals surface area contributed by atoms with Crippen molar-refractivity contribution >= 4 is 0 Å². The molecule has 1 rings (SSSR count). The summed E-state index contributed by atoms with van der Waals surface area (Å²) in [6, 6.07) is 9.31. The third-order valence-electron chi connectivity index (χ3n) is 2.20. The van der Waals surface area contributed by atoms with Crippen LogP contribution in [0.25, 0.3) is 0 Å². The van der Waals surface area contributed by atoms with Gasteiger partial charge < -0.3 is 10.2 Å². The first-order valence-corrected chi connectivity index (χ1v) is 4.67. The van der Waals surface area contributed by atoms with E-state index in [0.717, 1.165) is 5.56 Å². The lowest BCUT2D eigenvalue weighted by Gasteiger charge is -2.15. The van der Waals surface area contributed by atoms with Crippen LogP contribution in [0.2, 0.25) is 0 Å². The second kappa shape index (κ2) is 4.94. The summed E-state index contributed by atoms with van der Waals surface area (Å²) in [5.41, 5.74) is 1.51. The van der Waals surface area contributed by atoms with E-state index in [1.165, 1.54) is 0 Å². The molecule has 0 fully saturated rings. The highest BCUT2D eigenvalue weighted by Crippen LogP contribution is 2.19. The lowest BCUT2D eigenvalue weighted by Crippen LogP contribution is -2.12. The van der Waals surface area contributed by atoms with Gasteiger partial charge in [0.2, 0.25) is 0 Å². The van der Waals surface area contributed by atoms with Gasteiger partial charge in [-0.3, -0.25) is 0 Å². The normalized spacial score (nSPS) is 14.8. The van der Waals surface area contributed by atoms with Crippen LogP contribution in [0.1, 0.15) is 25.0 Å². The van der Waals surface area contributed by atoms with Crippen molar-refractivity contribution in [1.82, 2.24) is 0 Å². The Labute approximate surface area is 84.5 Å². The first-order valence-electron chi connectivity index (χ1n) is 4.67. The fraction of sp³-hybridized carbons (Fsp3) is 0.333. The molecule has 2 atom stereocenters. The molecule has 0 saturated heterocycles. The van der Waals surface area contributed by atoms with Gasteiger partial charge in [0.1, 0.15) is 0 Å². The summed E-state index contributed by atoms with van der Waals surface area (Å²) in [4.78, 5) is 0. The Morgan fingerprint density at radius 1 is 1.29 bits per heavy atom. The maximum Gasteiger partial charge on any atom is 0.0817 e. The second-order valence-corrected chi connectivity index (χ2v) is 3.52. The number of hydrogen-bond acceptors (Lipinski definition) is 2. The summed E-state index contributed by atoms with van der Waals surface area (Å²) in [6.07, 6.45) is -0.951. The van der Waals surface area contributed by atoms with Gasteiger partial charge in [-0.1, -0.05) is 42.5 Å². The molecule has 2 unspecified atom stereocenters. The lowest BCUT2D eigenvalue weighted by molar-refractivity contribution is 0.0991. The predicted octanol–water partition coefficient (Wildman–Crippen LogP) is 2.05. The van der Waals surface area contributed by atoms with Crippen molar-refractivity contribution in [1.29, 1.82) is 0 Å². The van der Waals surface area contributed by atoms with Crippen LogP contribution < -0.4 is 0 Å². The fourth-order valence-corrected chi connectivity index (χ4v) is 1.22. The minimum atomic E-state index is -0.634. The smallest absolute Gasteiger partial charge is 0.0817 e. The van der Waals surface area contributed by atoms with Gasteiger partial charge in [-0.25, -0.2) is 0 Å². The zero-order chi connectivity index (χ0) is 10.6. The number of benzene rings is 1. The summed E-state index contributed by atoms with van der Waals surface area (Å²) >= 11 is 0. The lowest BCUT2D eigenvalue weighted by atomic mass is 10.0. The predicted molar refractivity (Wildman–Crippen MR) is 56.8 cm³/mol. The van der Waals surface area contributed by atoms with Crippen molar-refractivity contribution in [2.75, 3.05) is 0 Å². The zero-order valence-electron chi connectivity index (χ0n) is 8.35. The van der Waals surface area contributed by atoms with E-state index in [4.69, 9.17) is 0 Å². The number of hydrogen-bond donors (Lipinski definition) is 2. The van der Waals surface area contributed by atoms with Gasteiger partial charge in [0.15, 0.2) is 0 Å². The molecule has 0 radical (unpaired) electrons. The molecule has 1 aromatic rings. The van der Waals surface area contributed by atoms with E-state index < -0.39 is 12.2 Å². The quantitative estimate of drug-likeness (QED) is 0.717. The summed E-state index contributed by atoms with van der Waals surface area (Å²) in [5.74, 6) is 0. The van der Waals surface area contributed by atoms with Crippen molar-refractivity contribution in [2.45, 2.75) is 25.6 Å². The molecule has 76 valence electrons. The largest absolute Gasteiger partial charge is 0.389 e. The maximum atomic E-state index is 9.74. The van der Waals surface area contributed by atoms with E-state index in [1.807, 2.05) is 30.3 Å². The molecule has 14 heavy (non-hydrogen) atoms. The molecule has 2 heteroatoms. The second-order valence-electron chi connectivity index (χ2n) is 3.52. The zero-order valence-corrected chi connectivity index (χ0v) is 8.35. The minimum Gasteiger partial charge on any atom is -0.389 e. The van der Waals surface area contributed by atoms with Crippen molar-refractivity contribution < 1.29 is 10.2 Å². The van der Waals surface area contributed by atoms with Crippen LogP contribution in [0.3, 0.4) is 0 Å². The van der Waals surface area contributed by atoms with Gasteiger partial charge in [0.25, 0.3) is 0 Å². The molecule has 0 aromatic heterocycles. The highest BCUT2D eigenvalue weighted by Gasteiger charge is 2.13. The fourth-order valence-electron chi connectivity index (χ4n) is 1.22. The molecule has 0 aliphatic heterocycles. The van der Waals surface area contributed by atoms with Gasteiger partial charge >= 0.3 is 0 Å². The molecular weight excluding hydrogens is 176 g/mol. The number of aliphatic hydroxyl groups is 2. The molecule has 0 aliphatic rings. The Bertz CT molecular complexity index is 292. The van der Waals surface area contributed by atoms with Crippen LogP contribution >= 0.6 is 0 Å². The molecule has 0 heterocycles. The molecule has 0 amide bonds. The van der Waals surface area contributed by atoms with Gasteiger partial charge in [0, 0.05) is 6.42 Å². The number of rotatable bonds is 4. The van der Waals surface area contributed by atoms with Crippen LogP contribution in [-0.4, -0.2) is 16.3 Å². The Kier molecular flexibility index (Phi) is 3.86. The Hall–Kier alpha value is -1.12. The maximum absolute atomic E-state index is 9.74. The Morgan fingerprint density at radius 3 is 2.36 bits per heavy atom. The molecule has 2 N–H and O–H groups in total. The molecule has 0 spiro atoms. The first kappa shape index (κ1) is 11.0. The third kappa shape index (κ3) is 2.98. The highest BCUT2D eigenvalue weighted by atomic mass is 16.3. The molecule has 2 nitrogen and oxygen atoms in total. The average Bonchev–Trinajstić information content (AvgIpc) is 2.19. The van der Waals surface area contributed by atoms with Gasteiger partial charge in [-0.15, -0.1) is 0 Å². The Morgan fingerprint density at radius 2 is 1.86 bits per heavy atom. The van der Waals surface area contributed by atoms with E-state index in [2.05, 4.69) is 6.58 Å². The van der Waals surface area contributed by atoms with Gasteiger partial charge in [0.05, 0.1) is 12.2 Å². The van der Waals surface area contributed by atoms with Crippen molar-refractivity contribution in [3.05, 3.63) is 48.0 Å². The monoisotopic (exact) mass is 192 g/mol.